The molecule has 1 saturated heterocycles. The highest BCUT2D eigenvalue weighted by atomic mass is 32.1. The van der Waals surface area contributed by atoms with Crippen LogP contribution in [0.25, 0.3) is 11.3 Å². The lowest BCUT2D eigenvalue weighted by atomic mass is 10.1. The van der Waals surface area contributed by atoms with Gasteiger partial charge >= 0.3 is 0 Å². The number of ether oxygens (including phenoxy) is 2. The number of nitrogens with zero attached hydrogens (tertiary/aromatic N) is 2. The van der Waals surface area contributed by atoms with E-state index < -0.39 is 0 Å². The van der Waals surface area contributed by atoms with E-state index in [0.29, 0.717) is 35.1 Å². The van der Waals surface area contributed by atoms with Crippen LogP contribution in [0, 0.1) is 16.1 Å². The first-order valence-electron chi connectivity index (χ1n) is 8.58. The molecule has 2 aromatic rings. The van der Waals surface area contributed by atoms with Crippen molar-refractivity contribution in [1.82, 2.24) is 14.5 Å². The number of methoxy groups -OCH3 is 2. The highest BCUT2D eigenvalue weighted by Crippen LogP contribution is 2.33. The fourth-order valence-electron chi connectivity index (χ4n) is 3.39. The van der Waals surface area contributed by atoms with E-state index in [-0.39, 0.29) is 17.4 Å². The largest absolute Gasteiger partial charge is 0.497 e. The van der Waals surface area contributed by atoms with Crippen LogP contribution in [0.4, 0.5) is 0 Å². The van der Waals surface area contributed by atoms with Gasteiger partial charge in [-0.05, 0) is 36.7 Å². The number of guanidine groups is 1. The van der Waals surface area contributed by atoms with Crippen molar-refractivity contribution in [2.45, 2.75) is 13.0 Å². The Kier molecular flexibility index (Phi) is 5.50. The third-order valence-corrected chi connectivity index (χ3v) is 5.11. The molecule has 1 aliphatic heterocycles. The van der Waals surface area contributed by atoms with E-state index in [2.05, 4.69) is 4.98 Å². The van der Waals surface area contributed by atoms with Crippen LogP contribution in [0.2, 0.25) is 0 Å². The molecule has 144 valence electrons. The molecule has 9 heteroatoms. The fourth-order valence-corrected chi connectivity index (χ4v) is 3.67. The number of benzene rings is 1. The standard InChI is InChI=1S/C18H23N5O3S/c1-25-12-3-4-13(15(7-12)26-2)14-8-16(24)21-18(27)23(14)10-11-5-6-22(9-11)17(19)20/h3-4,7-8,11H,5-6,9-10H2,1-2H3,(H3,19,20)(H,21,24,27). The van der Waals surface area contributed by atoms with Crippen molar-refractivity contribution in [3.63, 3.8) is 0 Å². The lowest BCUT2D eigenvalue weighted by Gasteiger charge is -2.20. The molecule has 1 atom stereocenters. The molecule has 1 fully saturated rings. The van der Waals surface area contributed by atoms with Gasteiger partial charge in [0.15, 0.2) is 10.7 Å². The van der Waals surface area contributed by atoms with Gasteiger partial charge in [-0.15, -0.1) is 0 Å². The smallest absolute Gasteiger partial charge is 0.252 e. The monoisotopic (exact) mass is 389 g/mol. The summed E-state index contributed by atoms with van der Waals surface area (Å²) in [5.41, 5.74) is 6.78. The van der Waals surface area contributed by atoms with Gasteiger partial charge in [0, 0.05) is 37.3 Å². The minimum Gasteiger partial charge on any atom is -0.497 e. The molecule has 1 aromatic carbocycles. The lowest BCUT2D eigenvalue weighted by Crippen LogP contribution is -2.34. The van der Waals surface area contributed by atoms with Gasteiger partial charge in [-0.2, -0.15) is 0 Å². The van der Waals surface area contributed by atoms with Gasteiger partial charge in [0.2, 0.25) is 0 Å². The van der Waals surface area contributed by atoms with E-state index >= 15 is 0 Å². The number of hydrogen-bond acceptors (Lipinski definition) is 5. The van der Waals surface area contributed by atoms with Gasteiger partial charge in [-0.25, -0.2) is 0 Å². The molecule has 4 N–H and O–H groups in total. The number of rotatable bonds is 5. The van der Waals surface area contributed by atoms with Gasteiger partial charge < -0.3 is 24.7 Å². The van der Waals surface area contributed by atoms with Crippen LogP contribution in [-0.4, -0.2) is 47.7 Å². The number of nitrogens with two attached hydrogens (primary N) is 1. The Morgan fingerprint density at radius 3 is 2.78 bits per heavy atom. The number of nitrogens with one attached hydrogen (secondary N) is 2. The second-order valence-electron chi connectivity index (χ2n) is 6.49. The number of aromatic amines is 1. The zero-order valence-electron chi connectivity index (χ0n) is 15.3. The molecule has 2 heterocycles. The molecule has 8 nitrogen and oxygen atoms in total. The van der Waals surface area contributed by atoms with E-state index in [1.165, 1.54) is 6.07 Å². The zero-order valence-corrected chi connectivity index (χ0v) is 16.1. The molecule has 1 unspecified atom stereocenters. The summed E-state index contributed by atoms with van der Waals surface area (Å²) in [5, 5.41) is 7.60. The summed E-state index contributed by atoms with van der Waals surface area (Å²) < 4.78 is 13.0. The van der Waals surface area contributed by atoms with Crippen LogP contribution in [0.3, 0.4) is 0 Å². The van der Waals surface area contributed by atoms with Crippen molar-refractivity contribution < 1.29 is 9.47 Å². The summed E-state index contributed by atoms with van der Waals surface area (Å²) in [6, 6.07) is 6.97. The topological polar surface area (TPSA) is 109 Å². The Morgan fingerprint density at radius 1 is 1.37 bits per heavy atom. The molecule has 0 saturated carbocycles. The zero-order chi connectivity index (χ0) is 19.6. The lowest BCUT2D eigenvalue weighted by molar-refractivity contribution is 0.394. The first-order chi connectivity index (χ1) is 12.9. The summed E-state index contributed by atoms with van der Waals surface area (Å²) >= 11 is 5.43. The maximum absolute atomic E-state index is 12.1. The molecule has 27 heavy (non-hydrogen) atoms. The summed E-state index contributed by atoms with van der Waals surface area (Å²) in [5.74, 6) is 1.62. The molecule has 3 rings (SSSR count). The minimum absolute atomic E-state index is 0.0830. The Hall–Kier alpha value is -2.81. The molecule has 1 aliphatic rings. The number of likely N-dealkylation sites (tertiary alicyclic amines) is 1. The maximum atomic E-state index is 12.1. The molecule has 0 spiro atoms. The number of aromatic nitrogens is 2. The Balaban J connectivity index is 2.03. The quantitative estimate of drug-likeness (QED) is 0.409. The minimum atomic E-state index is -0.263. The van der Waals surface area contributed by atoms with Crippen LogP contribution in [-0.2, 0) is 6.54 Å². The fraction of sp³-hybridized carbons (Fsp3) is 0.389. The average Bonchev–Trinajstić information content (AvgIpc) is 3.12. The van der Waals surface area contributed by atoms with Gasteiger partial charge in [-0.3, -0.25) is 15.2 Å². The predicted octanol–water partition coefficient (Wildman–Crippen LogP) is 1.81. The van der Waals surface area contributed by atoms with Crippen molar-refractivity contribution in [1.29, 1.82) is 5.41 Å². The van der Waals surface area contributed by atoms with Crippen LogP contribution < -0.4 is 20.8 Å². The average molecular weight is 389 g/mol. The van der Waals surface area contributed by atoms with E-state index in [9.17, 15) is 4.79 Å². The van der Waals surface area contributed by atoms with Gasteiger partial charge in [0.1, 0.15) is 11.5 Å². The van der Waals surface area contributed by atoms with Gasteiger partial charge in [0.05, 0.1) is 19.9 Å². The van der Waals surface area contributed by atoms with Crippen LogP contribution in [0.1, 0.15) is 6.42 Å². The van der Waals surface area contributed by atoms with Crippen molar-refractivity contribution in [3.05, 3.63) is 39.4 Å². The molecule has 0 bridgehead atoms. The molecular weight excluding hydrogens is 366 g/mol. The van der Waals surface area contributed by atoms with Gasteiger partial charge in [0.25, 0.3) is 5.56 Å². The van der Waals surface area contributed by atoms with Crippen LogP contribution >= 0.6 is 12.2 Å². The Morgan fingerprint density at radius 2 is 2.15 bits per heavy atom. The summed E-state index contributed by atoms with van der Waals surface area (Å²) in [6.45, 7) is 2.05. The Bertz CT molecular complexity index is 968. The molecule has 0 radical (unpaired) electrons. The summed E-state index contributed by atoms with van der Waals surface area (Å²) in [4.78, 5) is 16.6. The number of H-pyrrole nitrogens is 1. The van der Waals surface area contributed by atoms with E-state index in [4.69, 9.17) is 32.8 Å². The van der Waals surface area contributed by atoms with Gasteiger partial charge in [-0.1, -0.05) is 0 Å². The molecule has 0 amide bonds. The molecular formula is C18H23N5O3S. The third kappa shape index (κ3) is 3.97. The van der Waals surface area contributed by atoms with E-state index in [1.54, 1.807) is 20.3 Å². The van der Waals surface area contributed by atoms with Crippen molar-refractivity contribution >= 4 is 18.2 Å². The van der Waals surface area contributed by atoms with Crippen LogP contribution in [0.15, 0.2) is 29.1 Å². The van der Waals surface area contributed by atoms with Crippen molar-refractivity contribution in [2.75, 3.05) is 27.3 Å². The highest BCUT2D eigenvalue weighted by molar-refractivity contribution is 7.71. The van der Waals surface area contributed by atoms with Crippen molar-refractivity contribution in [2.24, 2.45) is 11.7 Å². The van der Waals surface area contributed by atoms with E-state index in [1.807, 2.05) is 21.6 Å². The van der Waals surface area contributed by atoms with E-state index in [0.717, 1.165) is 18.5 Å². The predicted molar refractivity (Wildman–Crippen MR) is 106 cm³/mol. The summed E-state index contributed by atoms with van der Waals surface area (Å²) in [6.07, 6.45) is 0.902. The Labute approximate surface area is 162 Å². The maximum Gasteiger partial charge on any atom is 0.252 e. The SMILES string of the molecule is COc1ccc(-c2cc(=O)[nH]c(=S)n2CC2CCN(C(=N)N)C2)c(OC)c1. The normalized spacial score (nSPS) is 16.4. The first-order valence-corrected chi connectivity index (χ1v) is 8.99. The third-order valence-electron chi connectivity index (χ3n) is 4.79. The molecule has 0 aliphatic carbocycles. The second-order valence-corrected chi connectivity index (χ2v) is 6.87. The first kappa shape index (κ1) is 19.0. The second kappa shape index (κ2) is 7.83. The molecule has 1 aromatic heterocycles. The highest BCUT2D eigenvalue weighted by Gasteiger charge is 2.25. The summed E-state index contributed by atoms with van der Waals surface area (Å²) in [7, 11) is 3.16. The number of hydrogen-bond donors (Lipinski definition) is 3. The van der Waals surface area contributed by atoms with Crippen LogP contribution in [0.5, 0.6) is 11.5 Å². The van der Waals surface area contributed by atoms with Crippen molar-refractivity contribution in [3.8, 4) is 22.8 Å².